The molecule has 1 aliphatic carbocycles. The van der Waals surface area contributed by atoms with Crippen molar-refractivity contribution in [2.24, 2.45) is 5.92 Å². The van der Waals surface area contributed by atoms with Crippen molar-refractivity contribution < 1.29 is 41.0 Å². The first-order valence-electron chi connectivity index (χ1n) is 13.2. The van der Waals surface area contributed by atoms with Gasteiger partial charge in [-0.05, 0) is 73.2 Å². The van der Waals surface area contributed by atoms with E-state index in [-0.39, 0.29) is 41.8 Å². The molecular weight excluding hydrogens is 595 g/mol. The fraction of sp³-hybridized carbons (Fsp3) is 0.367. The number of sulfone groups is 1. The van der Waals surface area contributed by atoms with E-state index in [9.17, 15) is 31.5 Å². The van der Waals surface area contributed by atoms with Crippen molar-refractivity contribution >= 4 is 32.9 Å². The number of anilines is 1. The molecule has 0 aliphatic heterocycles. The van der Waals surface area contributed by atoms with Crippen molar-refractivity contribution in [2.45, 2.75) is 42.8 Å². The van der Waals surface area contributed by atoms with E-state index in [1.807, 2.05) is 0 Å². The van der Waals surface area contributed by atoms with Crippen LogP contribution in [0, 0.1) is 5.92 Å². The molecule has 2 N–H and O–H groups in total. The number of rotatable bonds is 10. The first-order chi connectivity index (χ1) is 19.8. The van der Waals surface area contributed by atoms with Crippen LogP contribution in [0.3, 0.4) is 0 Å². The summed E-state index contributed by atoms with van der Waals surface area (Å²) in [4.78, 5) is 14.2. The van der Waals surface area contributed by atoms with E-state index in [4.69, 9.17) is 21.1 Å². The lowest BCUT2D eigenvalue weighted by Crippen LogP contribution is -2.29. The van der Waals surface area contributed by atoms with Crippen LogP contribution in [-0.2, 0) is 33.6 Å². The number of halogens is 4. The number of alkyl halides is 3. The SMILES string of the molecule is COc1cc(NC(C(=O)C2CCc3ccc(C(F)(F)F)cc3CC2)c2ccc(Cl)cc2OCCO)cc(S(C)(=O)=O)c1. The van der Waals surface area contributed by atoms with Crippen LogP contribution in [0.4, 0.5) is 18.9 Å². The molecule has 0 aromatic heterocycles. The summed E-state index contributed by atoms with van der Waals surface area (Å²) in [5, 5.41) is 12.8. The molecule has 226 valence electrons. The van der Waals surface area contributed by atoms with Gasteiger partial charge in [-0.25, -0.2) is 8.42 Å². The molecule has 1 aliphatic rings. The number of ether oxygens (including phenoxy) is 2. The summed E-state index contributed by atoms with van der Waals surface area (Å²) >= 11 is 6.21. The zero-order valence-electron chi connectivity index (χ0n) is 23.0. The van der Waals surface area contributed by atoms with Crippen LogP contribution in [0.2, 0.25) is 5.02 Å². The van der Waals surface area contributed by atoms with Gasteiger partial charge in [-0.3, -0.25) is 4.79 Å². The van der Waals surface area contributed by atoms with Crippen molar-refractivity contribution in [3.8, 4) is 11.5 Å². The maximum absolute atomic E-state index is 14.3. The molecule has 0 spiro atoms. The van der Waals surface area contributed by atoms with Gasteiger partial charge in [-0.1, -0.05) is 23.7 Å². The molecule has 0 saturated carbocycles. The number of hydrogen-bond donors (Lipinski definition) is 2. The zero-order valence-corrected chi connectivity index (χ0v) is 24.6. The average Bonchev–Trinajstić information content (AvgIpc) is 3.16. The Labute approximate surface area is 247 Å². The summed E-state index contributed by atoms with van der Waals surface area (Å²) in [6.07, 6.45) is -1.98. The highest BCUT2D eigenvalue weighted by Crippen LogP contribution is 2.38. The standard InChI is InChI=1S/C30H31ClF3NO6S/c1-40-24-15-23(16-25(17-24)42(2,38)39)35-28(26-10-9-22(31)14-27(26)41-12-11-36)29(37)19-4-3-18-7-8-21(30(32,33)34)13-20(18)6-5-19/h7-10,13-17,19,28,35-36H,3-6,11-12H2,1-2H3. The third-order valence-corrected chi connectivity index (χ3v) is 8.56. The van der Waals surface area contributed by atoms with Crippen molar-refractivity contribution in [3.05, 3.63) is 81.9 Å². The smallest absolute Gasteiger partial charge is 0.416 e. The lowest BCUT2D eigenvalue weighted by atomic mass is 9.87. The highest BCUT2D eigenvalue weighted by Gasteiger charge is 2.34. The number of carbonyl (C=O) groups excluding carboxylic acids is 1. The number of aliphatic hydroxyl groups excluding tert-OH is 1. The van der Waals surface area contributed by atoms with Crippen molar-refractivity contribution in [1.29, 1.82) is 0 Å². The second kappa shape index (κ2) is 12.9. The van der Waals surface area contributed by atoms with Gasteiger partial charge in [0.25, 0.3) is 0 Å². The maximum Gasteiger partial charge on any atom is 0.416 e. The molecule has 0 radical (unpaired) electrons. The van der Waals surface area contributed by atoms with Gasteiger partial charge >= 0.3 is 6.18 Å². The monoisotopic (exact) mass is 625 g/mol. The molecule has 7 nitrogen and oxygen atoms in total. The Morgan fingerprint density at radius 1 is 1.07 bits per heavy atom. The van der Waals surface area contributed by atoms with Gasteiger partial charge in [-0.2, -0.15) is 13.2 Å². The molecule has 2 atom stereocenters. The molecule has 0 bridgehead atoms. The van der Waals surface area contributed by atoms with Crippen LogP contribution >= 0.6 is 11.6 Å². The van der Waals surface area contributed by atoms with Crippen LogP contribution in [0.15, 0.2) is 59.5 Å². The van der Waals surface area contributed by atoms with E-state index in [2.05, 4.69) is 5.32 Å². The number of carbonyl (C=O) groups is 1. The van der Waals surface area contributed by atoms with E-state index in [1.165, 1.54) is 31.4 Å². The predicted molar refractivity (Wildman–Crippen MR) is 153 cm³/mol. The van der Waals surface area contributed by atoms with Crippen molar-refractivity contribution in [1.82, 2.24) is 0 Å². The van der Waals surface area contributed by atoms with E-state index in [0.717, 1.165) is 24.0 Å². The van der Waals surface area contributed by atoms with Gasteiger partial charge in [0.2, 0.25) is 0 Å². The van der Waals surface area contributed by atoms with E-state index >= 15 is 0 Å². The van der Waals surface area contributed by atoms with Crippen LogP contribution in [0.25, 0.3) is 0 Å². The highest BCUT2D eigenvalue weighted by atomic mass is 35.5. The maximum atomic E-state index is 14.3. The molecular formula is C30H31ClF3NO6S. The summed E-state index contributed by atoms with van der Waals surface area (Å²) in [5.74, 6) is -0.283. The summed E-state index contributed by atoms with van der Waals surface area (Å²) in [7, 11) is -2.24. The number of aryl methyl sites for hydroxylation is 2. The molecule has 12 heteroatoms. The Hall–Kier alpha value is -3.28. The van der Waals surface area contributed by atoms with E-state index in [1.54, 1.807) is 18.2 Å². The molecule has 3 aromatic carbocycles. The molecule has 4 rings (SSSR count). The number of fused-ring (bicyclic) bond motifs is 1. The van der Waals surface area contributed by atoms with Crippen LogP contribution < -0.4 is 14.8 Å². The second-order valence-electron chi connectivity index (χ2n) is 10.2. The van der Waals surface area contributed by atoms with Crippen molar-refractivity contribution in [2.75, 3.05) is 31.9 Å². The number of methoxy groups -OCH3 is 1. The second-order valence-corrected chi connectivity index (χ2v) is 12.6. The molecule has 2 unspecified atom stereocenters. The highest BCUT2D eigenvalue weighted by molar-refractivity contribution is 7.90. The number of nitrogens with one attached hydrogen (secondary N) is 1. The fourth-order valence-corrected chi connectivity index (χ4v) is 5.92. The quantitative estimate of drug-likeness (QED) is 0.264. The number of hydrogen-bond acceptors (Lipinski definition) is 7. The summed E-state index contributed by atoms with van der Waals surface area (Å²) in [6.45, 7) is -0.349. The van der Waals surface area contributed by atoms with Gasteiger partial charge in [0.05, 0.1) is 24.2 Å². The van der Waals surface area contributed by atoms with E-state index in [0.29, 0.717) is 41.1 Å². The van der Waals surface area contributed by atoms with Gasteiger partial charge in [0.15, 0.2) is 15.6 Å². The Balaban J connectivity index is 1.73. The van der Waals surface area contributed by atoms with Gasteiger partial charge in [0.1, 0.15) is 24.1 Å². The first-order valence-corrected chi connectivity index (χ1v) is 15.5. The molecule has 3 aromatic rings. The predicted octanol–water partition coefficient (Wildman–Crippen LogP) is 6.06. The van der Waals surface area contributed by atoms with Gasteiger partial charge < -0.3 is 19.9 Å². The zero-order chi connectivity index (χ0) is 30.7. The first kappa shape index (κ1) is 31.7. The number of ketones is 1. The number of aliphatic hydroxyl groups is 1. The normalized spacial score (nSPS) is 16.2. The molecule has 0 amide bonds. The van der Waals surface area contributed by atoms with Crippen LogP contribution in [-0.4, -0.2) is 45.9 Å². The number of benzene rings is 3. The molecule has 42 heavy (non-hydrogen) atoms. The largest absolute Gasteiger partial charge is 0.497 e. The minimum Gasteiger partial charge on any atom is -0.497 e. The summed E-state index contributed by atoms with van der Waals surface area (Å²) in [6, 6.07) is 11.7. The summed E-state index contributed by atoms with van der Waals surface area (Å²) < 4.78 is 75.7. The number of Topliss-reactive ketones (excluding diaryl/α,β-unsaturated/α-hetero) is 1. The topological polar surface area (TPSA) is 102 Å². The molecule has 0 heterocycles. The van der Waals surface area contributed by atoms with Gasteiger partial charge in [0, 0.05) is 34.5 Å². The van der Waals surface area contributed by atoms with Gasteiger partial charge in [-0.15, -0.1) is 0 Å². The fourth-order valence-electron chi connectivity index (χ4n) is 5.09. The minimum absolute atomic E-state index is 0.0196. The Morgan fingerprint density at radius 3 is 2.43 bits per heavy atom. The minimum atomic E-state index is -4.47. The third kappa shape index (κ3) is 7.56. The summed E-state index contributed by atoms with van der Waals surface area (Å²) in [5.41, 5.74) is 1.31. The lowest BCUT2D eigenvalue weighted by Gasteiger charge is -2.26. The van der Waals surface area contributed by atoms with E-state index < -0.39 is 33.5 Å². The van der Waals surface area contributed by atoms with Crippen molar-refractivity contribution in [3.63, 3.8) is 0 Å². The lowest BCUT2D eigenvalue weighted by molar-refractivity contribution is -0.137. The van der Waals surface area contributed by atoms with Crippen LogP contribution in [0.5, 0.6) is 11.5 Å². The molecule has 0 fully saturated rings. The molecule has 0 saturated heterocycles. The third-order valence-electron chi connectivity index (χ3n) is 7.24. The Kier molecular flexibility index (Phi) is 9.74. The van der Waals surface area contributed by atoms with Crippen LogP contribution in [0.1, 0.15) is 41.1 Å². The average molecular weight is 626 g/mol. The Bertz CT molecular complexity index is 1560. The Morgan fingerprint density at radius 2 is 1.79 bits per heavy atom.